The topological polar surface area (TPSA) is 97.3 Å². The quantitative estimate of drug-likeness (QED) is 0.164. The Hall–Kier alpha value is -4.51. The molecule has 1 fully saturated rings. The number of hydrogen-bond donors (Lipinski definition) is 2. The highest BCUT2D eigenvalue weighted by Gasteiger charge is 2.50. The molecule has 4 aromatic carbocycles. The van der Waals surface area contributed by atoms with Crippen molar-refractivity contribution in [2.24, 2.45) is 5.92 Å². The molecule has 5 rings (SSSR count). The van der Waals surface area contributed by atoms with Crippen molar-refractivity contribution in [3.05, 3.63) is 120 Å². The van der Waals surface area contributed by atoms with E-state index in [2.05, 4.69) is 50.4 Å². The van der Waals surface area contributed by atoms with Gasteiger partial charge in [-0.25, -0.2) is 4.39 Å². The lowest BCUT2D eigenvalue weighted by molar-refractivity contribution is -0.133. The summed E-state index contributed by atoms with van der Waals surface area (Å²) in [5.74, 6) is -0.0209. The number of rotatable bonds is 15. The Morgan fingerprint density at radius 2 is 1.57 bits per heavy atom. The zero-order chi connectivity index (χ0) is 36.6. The Balaban J connectivity index is 1.41. The van der Waals surface area contributed by atoms with Gasteiger partial charge in [-0.1, -0.05) is 93.6 Å². The van der Waals surface area contributed by atoms with E-state index in [4.69, 9.17) is 13.9 Å². The van der Waals surface area contributed by atoms with E-state index in [1.807, 2.05) is 53.4 Å². The van der Waals surface area contributed by atoms with Crippen LogP contribution in [0.25, 0.3) is 0 Å². The molecule has 2 amide bonds. The van der Waals surface area contributed by atoms with Crippen LogP contribution in [-0.2, 0) is 27.0 Å². The molecule has 1 aliphatic heterocycles. The normalized spacial score (nSPS) is 16.1. The largest absolute Gasteiger partial charge is 0.497 e. The number of nitrogens with zero attached hydrogens (tertiary/aromatic N) is 1. The number of ether oxygens (including phenoxy) is 2. The number of nitrogens with one attached hydrogen (secondary N) is 1. The van der Waals surface area contributed by atoms with Crippen molar-refractivity contribution in [2.75, 3.05) is 27.4 Å². The summed E-state index contributed by atoms with van der Waals surface area (Å²) in [5.41, 5.74) is 1.51. The van der Waals surface area contributed by atoms with Gasteiger partial charge in [-0.05, 0) is 58.1 Å². The van der Waals surface area contributed by atoms with Gasteiger partial charge in [0, 0.05) is 37.1 Å². The Morgan fingerprint density at radius 1 is 0.941 bits per heavy atom. The van der Waals surface area contributed by atoms with E-state index < -0.39 is 26.4 Å². The molecule has 0 saturated carbocycles. The average molecular weight is 713 g/mol. The molecule has 51 heavy (non-hydrogen) atoms. The number of likely N-dealkylation sites (tertiary alicyclic amines) is 1. The van der Waals surface area contributed by atoms with Crippen molar-refractivity contribution < 1.29 is 33.0 Å². The lowest BCUT2D eigenvalue weighted by atomic mass is 9.98. The van der Waals surface area contributed by atoms with E-state index in [1.54, 1.807) is 32.4 Å². The van der Waals surface area contributed by atoms with Crippen LogP contribution in [0.3, 0.4) is 0 Å². The molecule has 10 heteroatoms. The smallest absolute Gasteiger partial charge is 0.261 e. The van der Waals surface area contributed by atoms with Gasteiger partial charge in [0.2, 0.25) is 11.8 Å². The summed E-state index contributed by atoms with van der Waals surface area (Å²) in [5, 5.41) is 15.9. The van der Waals surface area contributed by atoms with Crippen LogP contribution < -0.4 is 25.2 Å². The molecule has 1 aliphatic rings. The summed E-state index contributed by atoms with van der Waals surface area (Å²) in [6.45, 7) is 7.64. The number of amides is 2. The van der Waals surface area contributed by atoms with Gasteiger partial charge in [0.05, 0.1) is 26.9 Å². The van der Waals surface area contributed by atoms with E-state index in [1.165, 1.54) is 12.1 Å². The minimum atomic E-state index is -2.98. The summed E-state index contributed by atoms with van der Waals surface area (Å²) in [6.07, 6.45) is -0.401. The zero-order valence-electron chi connectivity index (χ0n) is 30.1. The Labute approximate surface area is 301 Å². The molecule has 0 aliphatic carbocycles. The third-order valence-electron chi connectivity index (χ3n) is 9.74. The fourth-order valence-electron chi connectivity index (χ4n) is 7.10. The van der Waals surface area contributed by atoms with Crippen LogP contribution in [-0.4, -0.2) is 69.7 Å². The first-order valence-electron chi connectivity index (χ1n) is 17.4. The zero-order valence-corrected chi connectivity index (χ0v) is 31.1. The van der Waals surface area contributed by atoms with Crippen LogP contribution in [0.4, 0.5) is 4.39 Å². The first-order chi connectivity index (χ1) is 24.4. The lowest BCUT2D eigenvalue weighted by Crippen LogP contribution is -2.67. The number of aliphatic hydroxyl groups excluding tert-OH is 1. The molecular weight excluding hydrogens is 664 g/mol. The van der Waals surface area contributed by atoms with Gasteiger partial charge in [-0.2, -0.15) is 0 Å². The highest BCUT2D eigenvalue weighted by Crippen LogP contribution is 2.37. The molecule has 0 unspecified atom stereocenters. The fourth-order valence-corrected chi connectivity index (χ4v) is 11.7. The molecule has 1 heterocycles. The minimum absolute atomic E-state index is 0.00979. The molecule has 0 spiro atoms. The molecule has 2 N–H and O–H groups in total. The van der Waals surface area contributed by atoms with Crippen molar-refractivity contribution >= 4 is 30.5 Å². The molecule has 270 valence electrons. The SMILES string of the molecule is COc1ccc(CN2CC[C@@H](C[C@@H](CO[Si](c3ccccc3)(c3ccccc3)C(C)(C)C)NC(=O)[C@H](O)Cc3ccc(F)cc3)C2=O)c(OC)c1. The highest BCUT2D eigenvalue weighted by atomic mass is 28.4. The van der Waals surface area contributed by atoms with E-state index in [0.29, 0.717) is 43.0 Å². The van der Waals surface area contributed by atoms with Crippen molar-refractivity contribution in [2.45, 2.75) is 63.8 Å². The van der Waals surface area contributed by atoms with Crippen molar-refractivity contribution in [3.8, 4) is 11.5 Å². The summed E-state index contributed by atoms with van der Waals surface area (Å²) in [7, 11) is 0.207. The van der Waals surface area contributed by atoms with E-state index in [-0.39, 0.29) is 35.7 Å². The number of aliphatic hydroxyl groups is 1. The third kappa shape index (κ3) is 8.87. The molecule has 1 saturated heterocycles. The molecule has 0 bridgehead atoms. The second-order valence-electron chi connectivity index (χ2n) is 14.2. The third-order valence-corrected chi connectivity index (χ3v) is 14.7. The molecule has 0 aromatic heterocycles. The van der Waals surface area contributed by atoms with Crippen molar-refractivity contribution in [1.82, 2.24) is 10.2 Å². The number of methoxy groups -OCH3 is 2. The average Bonchev–Trinajstić information content (AvgIpc) is 3.47. The van der Waals surface area contributed by atoms with E-state index in [0.717, 1.165) is 15.9 Å². The van der Waals surface area contributed by atoms with Gasteiger partial charge in [0.1, 0.15) is 23.4 Å². The summed E-state index contributed by atoms with van der Waals surface area (Å²) in [6, 6.07) is 31.2. The van der Waals surface area contributed by atoms with Crippen molar-refractivity contribution in [3.63, 3.8) is 0 Å². The van der Waals surface area contributed by atoms with Crippen LogP contribution in [0.15, 0.2) is 103 Å². The van der Waals surface area contributed by atoms with Gasteiger partial charge < -0.3 is 29.2 Å². The van der Waals surface area contributed by atoms with Gasteiger partial charge in [-0.3, -0.25) is 9.59 Å². The Morgan fingerprint density at radius 3 is 2.14 bits per heavy atom. The maximum Gasteiger partial charge on any atom is 0.261 e. The number of benzene rings is 4. The van der Waals surface area contributed by atoms with Gasteiger partial charge in [-0.15, -0.1) is 0 Å². The molecular formula is C41H49FN2O6Si. The van der Waals surface area contributed by atoms with E-state index >= 15 is 0 Å². The van der Waals surface area contributed by atoms with Crippen LogP contribution in [0.2, 0.25) is 5.04 Å². The molecule has 0 radical (unpaired) electrons. The number of carbonyl (C=O) groups excluding carboxylic acids is 2. The van der Waals surface area contributed by atoms with Gasteiger partial charge in [0.25, 0.3) is 8.32 Å². The molecule has 8 nitrogen and oxygen atoms in total. The number of carbonyl (C=O) groups is 2. The maximum atomic E-state index is 13.9. The second kappa shape index (κ2) is 16.7. The first-order valence-corrected chi connectivity index (χ1v) is 19.3. The number of hydrogen-bond acceptors (Lipinski definition) is 6. The maximum absolute atomic E-state index is 13.9. The van der Waals surface area contributed by atoms with Gasteiger partial charge in [0.15, 0.2) is 0 Å². The van der Waals surface area contributed by atoms with Gasteiger partial charge >= 0.3 is 0 Å². The minimum Gasteiger partial charge on any atom is -0.497 e. The summed E-state index contributed by atoms with van der Waals surface area (Å²) in [4.78, 5) is 29.3. The monoisotopic (exact) mass is 712 g/mol. The van der Waals surface area contributed by atoms with Crippen LogP contribution in [0, 0.1) is 11.7 Å². The van der Waals surface area contributed by atoms with Crippen LogP contribution in [0.5, 0.6) is 11.5 Å². The molecule has 3 atom stereocenters. The first kappa shape index (κ1) is 37.7. The number of halogens is 1. The fraction of sp³-hybridized carbons (Fsp3) is 0.366. The highest BCUT2D eigenvalue weighted by molar-refractivity contribution is 6.99. The summed E-state index contributed by atoms with van der Waals surface area (Å²) < 4.78 is 31.6. The Bertz CT molecular complexity index is 1710. The molecule has 4 aromatic rings. The second-order valence-corrected chi connectivity index (χ2v) is 18.5. The Kier molecular flexibility index (Phi) is 12.3. The standard InChI is InChI=1S/C41H49FN2O6Si/c1-41(2,3)51(35-12-8-6-9-13-35,36-14-10-7-11-15-36)50-28-33(43-39(46)37(45)24-29-16-19-32(42)20-17-29)25-30-22-23-44(40(30)47)27-31-18-21-34(48-4)26-38(31)49-5/h6-21,26,30,33,37,45H,22-25,27-28H2,1-5H3,(H,43,46)/t30-,33-,37+/m0/s1. The van der Waals surface area contributed by atoms with Crippen LogP contribution in [0.1, 0.15) is 44.7 Å². The van der Waals surface area contributed by atoms with Crippen molar-refractivity contribution in [1.29, 1.82) is 0 Å². The lowest BCUT2D eigenvalue weighted by Gasteiger charge is -2.44. The van der Waals surface area contributed by atoms with Crippen LogP contribution >= 0.6 is 0 Å². The summed E-state index contributed by atoms with van der Waals surface area (Å²) >= 11 is 0. The predicted molar refractivity (Wildman–Crippen MR) is 199 cm³/mol. The van der Waals surface area contributed by atoms with E-state index in [9.17, 15) is 19.1 Å². The predicted octanol–water partition coefficient (Wildman–Crippen LogP) is 5.25.